The molecular weight excluding hydrogens is 204 g/mol. The maximum atomic E-state index is 6.21. The number of thiazole rings is 1. The largest absolute Gasteiger partial charge is 0.327 e. The summed E-state index contributed by atoms with van der Waals surface area (Å²) in [7, 11) is 0. The summed E-state index contributed by atoms with van der Waals surface area (Å²) in [6.45, 7) is 2.06. The molecule has 1 aromatic heterocycles. The Bertz CT molecular complexity index is 302. The van der Waals surface area contributed by atoms with Crippen molar-refractivity contribution in [1.29, 1.82) is 0 Å². The molecule has 0 radical (unpaired) electrons. The lowest BCUT2D eigenvalue weighted by Crippen LogP contribution is -2.28. The van der Waals surface area contributed by atoms with Crippen molar-refractivity contribution in [3.8, 4) is 0 Å². The predicted molar refractivity (Wildman–Crippen MR) is 65.1 cm³/mol. The van der Waals surface area contributed by atoms with Crippen molar-refractivity contribution < 1.29 is 0 Å². The highest BCUT2D eigenvalue weighted by Gasteiger charge is 2.21. The maximum absolute atomic E-state index is 6.21. The molecule has 0 amide bonds. The Morgan fingerprint density at radius 2 is 2.27 bits per heavy atom. The molecule has 1 heterocycles. The lowest BCUT2D eigenvalue weighted by atomic mass is 9.94. The molecule has 2 N–H and O–H groups in total. The molecule has 2 nitrogen and oxygen atoms in total. The fraction of sp³-hybridized carbons (Fsp3) is 0.750. The van der Waals surface area contributed by atoms with Gasteiger partial charge >= 0.3 is 0 Å². The molecule has 1 fully saturated rings. The highest BCUT2D eigenvalue weighted by Crippen LogP contribution is 2.28. The van der Waals surface area contributed by atoms with Crippen molar-refractivity contribution in [2.45, 2.75) is 51.5 Å². The van der Waals surface area contributed by atoms with Crippen molar-refractivity contribution in [2.24, 2.45) is 11.7 Å². The second-order valence-electron chi connectivity index (χ2n) is 4.60. The topological polar surface area (TPSA) is 38.9 Å². The molecular formula is C12H20N2S. The van der Waals surface area contributed by atoms with Crippen molar-refractivity contribution in [3.05, 3.63) is 16.1 Å². The molecule has 0 aliphatic heterocycles. The van der Waals surface area contributed by atoms with E-state index in [1.54, 1.807) is 11.3 Å². The zero-order valence-electron chi connectivity index (χ0n) is 9.41. The van der Waals surface area contributed by atoms with Crippen LogP contribution in [0.1, 0.15) is 42.8 Å². The summed E-state index contributed by atoms with van der Waals surface area (Å²) in [5, 5.41) is 3.33. The Morgan fingerprint density at radius 1 is 1.53 bits per heavy atom. The summed E-state index contributed by atoms with van der Waals surface area (Å²) in [6, 6.07) is 0.398. The second kappa shape index (κ2) is 5.08. The number of aryl methyl sites for hydroxylation is 2. The normalized spacial score (nSPS) is 19.6. The van der Waals surface area contributed by atoms with Crippen LogP contribution in [-0.4, -0.2) is 11.0 Å². The van der Waals surface area contributed by atoms with Crippen LogP contribution in [0.5, 0.6) is 0 Å². The smallest absolute Gasteiger partial charge is 0.0897 e. The Balaban J connectivity index is 1.77. The highest BCUT2D eigenvalue weighted by atomic mass is 32.1. The standard InChI is InChI=1S/C12H20N2S/c1-9-14-11(8-15-9)6-7-12(13)10-4-2-3-5-10/h8,10,12H,2-7,13H2,1H3. The third-order valence-corrected chi connectivity index (χ3v) is 4.23. The van der Waals surface area contributed by atoms with Gasteiger partial charge in [-0.05, 0) is 38.5 Å². The Morgan fingerprint density at radius 3 is 2.87 bits per heavy atom. The van der Waals surface area contributed by atoms with Crippen LogP contribution in [0.4, 0.5) is 0 Å². The van der Waals surface area contributed by atoms with Crippen LogP contribution >= 0.6 is 11.3 Å². The van der Waals surface area contributed by atoms with Gasteiger partial charge in [0.2, 0.25) is 0 Å². The van der Waals surface area contributed by atoms with E-state index in [9.17, 15) is 0 Å². The first-order valence-electron chi connectivity index (χ1n) is 5.92. The molecule has 1 saturated carbocycles. The van der Waals surface area contributed by atoms with Gasteiger partial charge in [-0.15, -0.1) is 11.3 Å². The van der Waals surface area contributed by atoms with Crippen LogP contribution < -0.4 is 5.73 Å². The van der Waals surface area contributed by atoms with E-state index in [1.807, 2.05) is 0 Å². The van der Waals surface area contributed by atoms with Gasteiger partial charge in [-0.2, -0.15) is 0 Å². The fourth-order valence-corrected chi connectivity index (χ4v) is 3.11. The Hall–Kier alpha value is -0.410. The minimum absolute atomic E-state index is 0.398. The number of nitrogens with zero attached hydrogens (tertiary/aromatic N) is 1. The zero-order valence-corrected chi connectivity index (χ0v) is 10.2. The molecule has 1 aliphatic rings. The molecule has 1 unspecified atom stereocenters. The van der Waals surface area contributed by atoms with Crippen molar-refractivity contribution in [3.63, 3.8) is 0 Å². The van der Waals surface area contributed by atoms with Crippen molar-refractivity contribution in [2.75, 3.05) is 0 Å². The summed E-state index contributed by atoms with van der Waals surface area (Å²) in [5.41, 5.74) is 7.44. The van der Waals surface area contributed by atoms with Crippen LogP contribution in [-0.2, 0) is 6.42 Å². The van der Waals surface area contributed by atoms with E-state index in [4.69, 9.17) is 5.73 Å². The summed E-state index contributed by atoms with van der Waals surface area (Å²) in [6.07, 6.45) is 7.62. The average molecular weight is 224 g/mol. The Labute approximate surface area is 95.9 Å². The van der Waals surface area contributed by atoms with Gasteiger partial charge in [0.25, 0.3) is 0 Å². The number of aromatic nitrogens is 1. The lowest BCUT2D eigenvalue weighted by Gasteiger charge is -2.17. The third-order valence-electron chi connectivity index (χ3n) is 3.41. The monoisotopic (exact) mass is 224 g/mol. The molecule has 1 aromatic rings. The molecule has 2 rings (SSSR count). The molecule has 1 atom stereocenters. The van der Waals surface area contributed by atoms with E-state index in [1.165, 1.54) is 36.4 Å². The minimum Gasteiger partial charge on any atom is -0.327 e. The van der Waals surface area contributed by atoms with Crippen LogP contribution in [0.25, 0.3) is 0 Å². The molecule has 15 heavy (non-hydrogen) atoms. The van der Waals surface area contributed by atoms with Gasteiger partial charge in [0, 0.05) is 11.4 Å². The van der Waals surface area contributed by atoms with E-state index in [-0.39, 0.29) is 0 Å². The first-order valence-corrected chi connectivity index (χ1v) is 6.80. The van der Waals surface area contributed by atoms with Crippen molar-refractivity contribution in [1.82, 2.24) is 4.98 Å². The predicted octanol–water partition coefficient (Wildman–Crippen LogP) is 2.90. The number of hydrogen-bond donors (Lipinski definition) is 1. The van der Waals surface area contributed by atoms with E-state index in [0.29, 0.717) is 6.04 Å². The van der Waals surface area contributed by atoms with Gasteiger partial charge in [-0.25, -0.2) is 4.98 Å². The van der Waals surface area contributed by atoms with E-state index in [0.717, 1.165) is 18.8 Å². The van der Waals surface area contributed by atoms with E-state index >= 15 is 0 Å². The minimum atomic E-state index is 0.398. The molecule has 84 valence electrons. The first-order chi connectivity index (χ1) is 7.25. The summed E-state index contributed by atoms with van der Waals surface area (Å²) >= 11 is 1.74. The van der Waals surface area contributed by atoms with Crippen molar-refractivity contribution >= 4 is 11.3 Å². The van der Waals surface area contributed by atoms with Gasteiger partial charge in [0.05, 0.1) is 10.7 Å². The van der Waals surface area contributed by atoms with Crippen LogP contribution in [0.15, 0.2) is 5.38 Å². The SMILES string of the molecule is Cc1nc(CCC(N)C2CCCC2)cs1. The number of nitrogens with two attached hydrogens (primary N) is 1. The van der Waals surface area contributed by atoms with E-state index < -0.39 is 0 Å². The zero-order chi connectivity index (χ0) is 10.7. The van der Waals surface area contributed by atoms with Crippen LogP contribution in [0.2, 0.25) is 0 Å². The highest BCUT2D eigenvalue weighted by molar-refractivity contribution is 7.09. The van der Waals surface area contributed by atoms with Gasteiger partial charge < -0.3 is 5.73 Å². The molecule has 1 aliphatic carbocycles. The number of rotatable bonds is 4. The third kappa shape index (κ3) is 3.02. The molecule has 0 bridgehead atoms. The fourth-order valence-electron chi connectivity index (χ4n) is 2.46. The molecule has 0 spiro atoms. The molecule has 0 aromatic carbocycles. The molecule has 0 saturated heterocycles. The van der Waals surface area contributed by atoms with Gasteiger partial charge in [-0.1, -0.05) is 12.8 Å². The Kier molecular flexibility index (Phi) is 3.76. The molecule has 3 heteroatoms. The quantitative estimate of drug-likeness (QED) is 0.854. The van der Waals surface area contributed by atoms with Gasteiger partial charge in [0.1, 0.15) is 0 Å². The summed E-state index contributed by atoms with van der Waals surface area (Å²) in [5.74, 6) is 0.782. The van der Waals surface area contributed by atoms with Gasteiger partial charge in [0.15, 0.2) is 0 Å². The summed E-state index contributed by atoms with van der Waals surface area (Å²) < 4.78 is 0. The van der Waals surface area contributed by atoms with E-state index in [2.05, 4.69) is 17.3 Å². The lowest BCUT2D eigenvalue weighted by molar-refractivity contribution is 0.409. The van der Waals surface area contributed by atoms with Crippen LogP contribution in [0, 0.1) is 12.8 Å². The average Bonchev–Trinajstić information content (AvgIpc) is 2.84. The summed E-state index contributed by atoms with van der Waals surface area (Å²) in [4.78, 5) is 4.47. The van der Waals surface area contributed by atoms with Gasteiger partial charge in [-0.3, -0.25) is 0 Å². The maximum Gasteiger partial charge on any atom is 0.0897 e. The van der Waals surface area contributed by atoms with Crippen LogP contribution in [0.3, 0.4) is 0 Å². The first kappa shape index (κ1) is 11.1. The second-order valence-corrected chi connectivity index (χ2v) is 5.67. The number of hydrogen-bond acceptors (Lipinski definition) is 3.